The van der Waals surface area contributed by atoms with Crippen molar-refractivity contribution in [1.29, 1.82) is 0 Å². The fourth-order valence-electron chi connectivity index (χ4n) is 8.60. The molecule has 2 aromatic heterocycles. The van der Waals surface area contributed by atoms with Gasteiger partial charge in [0.15, 0.2) is 0 Å². The molecule has 6 aromatic rings. The number of nitrogens with zero attached hydrogens (tertiary/aromatic N) is 4. The van der Waals surface area contributed by atoms with E-state index in [1.54, 1.807) is 36.4 Å². The van der Waals surface area contributed by atoms with Gasteiger partial charge in [-0.05, 0) is 98.9 Å². The van der Waals surface area contributed by atoms with Crippen LogP contribution in [0.4, 0.5) is 9.59 Å². The van der Waals surface area contributed by atoms with Crippen LogP contribution >= 0.6 is 15.9 Å². The van der Waals surface area contributed by atoms with E-state index in [0.29, 0.717) is 25.5 Å². The molecule has 8 rings (SSSR count). The van der Waals surface area contributed by atoms with Crippen molar-refractivity contribution in [1.82, 2.24) is 19.8 Å². The summed E-state index contributed by atoms with van der Waals surface area (Å²) in [7, 11) is 3.56. The molecular weight excluding hydrogens is 1140 g/mol. The Labute approximate surface area is 471 Å². The van der Waals surface area contributed by atoms with Crippen LogP contribution in [0.25, 0.3) is 11.1 Å². The van der Waals surface area contributed by atoms with E-state index < -0.39 is 29.6 Å². The predicted molar refractivity (Wildman–Crippen MR) is 314 cm³/mol. The summed E-state index contributed by atoms with van der Waals surface area (Å²) in [5.74, 6) is 1.48. The zero-order valence-electron chi connectivity index (χ0n) is 47.2. The van der Waals surface area contributed by atoms with E-state index in [2.05, 4.69) is 138 Å². The Morgan fingerprint density at radius 2 is 1.00 bits per heavy atom. The van der Waals surface area contributed by atoms with Crippen molar-refractivity contribution >= 4 is 50.1 Å². The normalized spacial score (nSPS) is 15.9. The standard InChI is InChI=1S/C30H36N2O4.C16H17BrO.C14H19N2O3.3CH3.Sn/c1-30(2,3)36-29(33)32-14-13-26(32)21-35-28-18-25(19-31-20-28)24-12-8-11-23(15-24)17-27(34-4)16-22-9-6-5-7-10-22;1-18-16(11-13-6-3-2-4-7-13)12-14-8-5-9-15(17)10-14;1-14(2,3)19-13(17)16-8-6-11(16)10-18-12-5-4-7-15-9-12;;;;/h5-12,15,18-20,26-27H,13-14,16-17,21H2,1-4H3;2-10,16H,11-12H2,1H3;5,7,9,11H,6,8,10H2,1-3H3;3*1H3;/t26-,27-;16-;11-;;;;/m000..../s1. The van der Waals surface area contributed by atoms with Crippen molar-refractivity contribution in [3.63, 3.8) is 0 Å². The van der Waals surface area contributed by atoms with E-state index in [9.17, 15) is 9.59 Å². The number of methoxy groups -OCH3 is 2. The van der Waals surface area contributed by atoms with Crippen LogP contribution < -0.4 is 13.1 Å². The first kappa shape index (κ1) is 60.7. The minimum Gasteiger partial charge on any atom is -0.490 e. The van der Waals surface area contributed by atoms with Crippen molar-refractivity contribution in [2.24, 2.45) is 0 Å². The molecule has 0 radical (unpaired) electrons. The summed E-state index contributed by atoms with van der Waals surface area (Å²) in [6.45, 7) is 13.6. The third-order valence-electron chi connectivity index (χ3n) is 13.1. The monoisotopic (exact) mass is 1220 g/mol. The second-order valence-electron chi connectivity index (χ2n) is 22.8. The molecule has 0 saturated carbocycles. The smallest absolute Gasteiger partial charge is 0.410 e. The number of aromatic nitrogens is 2. The van der Waals surface area contributed by atoms with Gasteiger partial charge in [-0.15, -0.1) is 0 Å². The number of carbonyl (C=O) groups excluding carboxylic acids is 2. The van der Waals surface area contributed by atoms with Gasteiger partial charge >= 0.3 is 149 Å². The van der Waals surface area contributed by atoms with Gasteiger partial charge in [-0.25, -0.2) is 4.79 Å². The van der Waals surface area contributed by atoms with Crippen LogP contribution in [0.3, 0.4) is 0 Å². The summed E-state index contributed by atoms with van der Waals surface area (Å²) >= 11 is 1.37. The van der Waals surface area contributed by atoms with Crippen LogP contribution in [0.5, 0.6) is 11.5 Å². The molecule has 0 bridgehead atoms. The second kappa shape index (κ2) is 28.9. The molecule has 4 heterocycles. The first-order chi connectivity index (χ1) is 36.6. The molecule has 14 heteroatoms. The maximum atomic E-state index is 12.4. The van der Waals surface area contributed by atoms with Gasteiger partial charge in [0.2, 0.25) is 0 Å². The van der Waals surface area contributed by atoms with Crippen molar-refractivity contribution in [3.8, 4) is 22.6 Å². The first-order valence-corrected chi connectivity index (χ1v) is 37.6. The number of hydrogen-bond donors (Lipinski definition) is 0. The molecule has 12 nitrogen and oxygen atoms in total. The van der Waals surface area contributed by atoms with Crippen LogP contribution in [0, 0.1) is 0 Å². The molecule has 4 aromatic carbocycles. The third kappa shape index (κ3) is 20.7. The van der Waals surface area contributed by atoms with Gasteiger partial charge in [-0.1, -0.05) is 113 Å². The van der Waals surface area contributed by atoms with E-state index in [-0.39, 0.29) is 36.5 Å². The van der Waals surface area contributed by atoms with Gasteiger partial charge in [0.1, 0.15) is 18.0 Å². The number of carbonyl (C=O) groups is 2. The molecule has 0 unspecified atom stereocenters. The number of amides is 2. The molecule has 2 aliphatic heterocycles. The van der Waals surface area contributed by atoms with Crippen LogP contribution in [-0.4, -0.2) is 126 Å². The Hall–Kier alpha value is -5.48. The fourth-order valence-corrected chi connectivity index (χ4v) is 12.0. The second-order valence-corrected chi connectivity index (χ2v) is 38.2. The van der Waals surface area contributed by atoms with Gasteiger partial charge in [0.25, 0.3) is 0 Å². The average Bonchev–Trinajstić information content (AvgIpc) is 3.35. The number of ether oxygens (including phenoxy) is 6. The summed E-state index contributed by atoms with van der Waals surface area (Å²) in [5, 5.41) is 0. The van der Waals surface area contributed by atoms with E-state index in [4.69, 9.17) is 28.4 Å². The minimum atomic E-state index is -2.13. The molecule has 4 atom stereocenters. The molecule has 0 aliphatic carbocycles. The zero-order chi connectivity index (χ0) is 55.6. The molecule has 2 amide bonds. The Morgan fingerprint density at radius 3 is 1.44 bits per heavy atom. The van der Waals surface area contributed by atoms with Gasteiger partial charge < -0.3 is 23.8 Å². The number of hydrogen-bond acceptors (Lipinski definition) is 10. The fraction of sp³-hybridized carbons (Fsp3) is 0.429. The predicted octanol–water partition coefficient (Wildman–Crippen LogP) is 13.2. The number of pyridine rings is 2. The molecule has 2 aliphatic rings. The molecule has 2 fully saturated rings. The van der Waals surface area contributed by atoms with E-state index in [1.807, 2.05) is 78.2 Å². The quantitative estimate of drug-likeness (QED) is 0.0769. The van der Waals surface area contributed by atoms with Crippen LogP contribution in [-0.2, 0) is 44.6 Å². The number of likely N-dealkylation sites (tertiary alicyclic amines) is 2. The summed E-state index contributed by atoms with van der Waals surface area (Å²) < 4.78 is 36.6. The molecule has 0 N–H and O–H groups in total. The summed E-state index contributed by atoms with van der Waals surface area (Å²) in [5.41, 5.74) is 6.20. The number of benzene rings is 4. The van der Waals surface area contributed by atoms with Gasteiger partial charge in [0, 0.05) is 37.0 Å². The largest absolute Gasteiger partial charge is 0.490 e. The maximum Gasteiger partial charge on any atom is 0.410 e. The van der Waals surface area contributed by atoms with Crippen molar-refractivity contribution < 1.29 is 38.0 Å². The third-order valence-corrected chi connectivity index (χ3v) is 19.3. The van der Waals surface area contributed by atoms with Gasteiger partial charge in [-0.3, -0.25) is 4.98 Å². The summed E-state index contributed by atoms with van der Waals surface area (Å²) in [6.07, 6.45) is 12.5. The SMILES string of the molecule is CC(C)(C)OC(=O)N1CC[C@H]1COc1cnc[c]([Sn]([CH3])([CH3])[CH3])c1.CO[C@@H](Cc1ccccc1)Cc1cccc(-c2cncc(OC[C@@H]3CCN3C(=O)OC(C)(C)C)c2)c1.CO[C@@H](Cc1ccccc1)Cc1cccc(Br)c1. The Balaban J connectivity index is 0.000000201. The van der Waals surface area contributed by atoms with E-state index >= 15 is 0 Å². The molecule has 412 valence electrons. The molecule has 0 spiro atoms. The first-order valence-electron chi connectivity index (χ1n) is 26.8. The Kier molecular flexibility index (Phi) is 22.8. The van der Waals surface area contributed by atoms with E-state index in [1.165, 1.54) is 25.8 Å². The van der Waals surface area contributed by atoms with Gasteiger partial charge in [0.05, 0.1) is 24.4 Å². The minimum absolute atomic E-state index is 0.0161. The number of rotatable bonds is 18. The Bertz CT molecular complexity index is 2770. The molecule has 2 saturated heterocycles. The maximum absolute atomic E-state index is 12.4. The molecular formula is C63H81BrN4O8Sn. The van der Waals surface area contributed by atoms with Crippen LogP contribution in [0.2, 0.25) is 14.8 Å². The zero-order valence-corrected chi connectivity index (χ0v) is 51.6. The molecule has 77 heavy (non-hydrogen) atoms. The van der Waals surface area contributed by atoms with Crippen molar-refractivity contribution in [3.05, 3.63) is 173 Å². The summed E-state index contributed by atoms with van der Waals surface area (Å²) in [4.78, 5) is 43.7. The van der Waals surface area contributed by atoms with E-state index in [0.717, 1.165) is 66.4 Å². The number of halogens is 1. The topological polar surface area (TPSA) is 122 Å². The van der Waals surface area contributed by atoms with Gasteiger partial charge in [-0.2, -0.15) is 0 Å². The van der Waals surface area contributed by atoms with Crippen molar-refractivity contribution in [2.75, 3.05) is 40.5 Å². The average molecular weight is 1220 g/mol. The Morgan fingerprint density at radius 1 is 0.558 bits per heavy atom. The van der Waals surface area contributed by atoms with Crippen LogP contribution in [0.1, 0.15) is 76.6 Å². The van der Waals surface area contributed by atoms with Crippen molar-refractivity contribution in [2.45, 2.75) is 130 Å². The summed E-state index contributed by atoms with van der Waals surface area (Å²) in [6, 6.07) is 42.0. The van der Waals surface area contributed by atoms with Crippen LogP contribution in [0.15, 0.2) is 151 Å².